The molecule has 1 aliphatic carbocycles. The average molecular weight is 294 g/mol. The number of guanidine groups is 1. The zero-order valence-corrected chi connectivity index (χ0v) is 14.9. The predicted octanol–water partition coefficient (Wildman–Crippen LogP) is 2.56. The Balaban J connectivity index is 1.79. The fourth-order valence-electron chi connectivity index (χ4n) is 3.57. The number of nitrogens with one attached hydrogen (secondary N) is 1. The molecule has 21 heavy (non-hydrogen) atoms. The number of hydrogen-bond acceptors (Lipinski definition) is 2. The highest BCUT2D eigenvalue weighted by atomic mass is 15.4. The summed E-state index contributed by atoms with van der Waals surface area (Å²) < 4.78 is 0. The van der Waals surface area contributed by atoms with Gasteiger partial charge in [0.25, 0.3) is 0 Å². The van der Waals surface area contributed by atoms with Gasteiger partial charge in [0.15, 0.2) is 5.96 Å². The van der Waals surface area contributed by atoms with Crippen LogP contribution in [0.5, 0.6) is 0 Å². The Morgan fingerprint density at radius 1 is 1.24 bits per heavy atom. The Hall–Kier alpha value is -0.770. The first kappa shape index (κ1) is 16.6. The van der Waals surface area contributed by atoms with Gasteiger partial charge in [0.1, 0.15) is 0 Å². The Morgan fingerprint density at radius 3 is 2.33 bits per heavy atom. The summed E-state index contributed by atoms with van der Waals surface area (Å²) in [4.78, 5) is 9.40. The van der Waals surface area contributed by atoms with Crippen LogP contribution < -0.4 is 5.32 Å². The van der Waals surface area contributed by atoms with Crippen molar-refractivity contribution in [3.05, 3.63) is 0 Å². The highest BCUT2D eigenvalue weighted by Gasteiger charge is 2.53. The van der Waals surface area contributed by atoms with Crippen LogP contribution in [0.15, 0.2) is 4.99 Å². The minimum atomic E-state index is 0.173. The summed E-state index contributed by atoms with van der Waals surface area (Å²) in [6, 6.07) is 0.799. The number of nitrogens with zero attached hydrogens (tertiary/aromatic N) is 3. The first-order valence-electron chi connectivity index (χ1n) is 8.48. The third-order valence-electron chi connectivity index (χ3n) is 6.05. The molecule has 0 aromatic carbocycles. The summed E-state index contributed by atoms with van der Waals surface area (Å²) in [5.74, 6) is 1.05. The molecule has 0 atom stereocenters. The van der Waals surface area contributed by atoms with Crippen LogP contribution in [0, 0.1) is 5.41 Å². The van der Waals surface area contributed by atoms with Gasteiger partial charge in [0, 0.05) is 43.7 Å². The van der Waals surface area contributed by atoms with Crippen molar-refractivity contribution < 1.29 is 0 Å². The molecule has 0 spiro atoms. The predicted molar refractivity (Wildman–Crippen MR) is 90.8 cm³/mol. The lowest BCUT2D eigenvalue weighted by atomic mass is 9.65. The molecule has 4 nitrogen and oxygen atoms in total. The molecule has 0 aromatic heterocycles. The SMILES string of the molecule is CN=C(NCCN(C)C1CCCC1)N1CC(C)(C)C1(C)C. The maximum Gasteiger partial charge on any atom is 0.194 e. The van der Waals surface area contributed by atoms with Crippen LogP contribution >= 0.6 is 0 Å². The van der Waals surface area contributed by atoms with Crippen LogP contribution in [0.3, 0.4) is 0 Å². The summed E-state index contributed by atoms with van der Waals surface area (Å²) in [6.45, 7) is 12.5. The maximum absolute atomic E-state index is 4.48. The third-order valence-corrected chi connectivity index (χ3v) is 6.05. The Morgan fingerprint density at radius 2 is 1.86 bits per heavy atom. The van der Waals surface area contributed by atoms with E-state index in [4.69, 9.17) is 0 Å². The van der Waals surface area contributed by atoms with Crippen molar-refractivity contribution in [2.45, 2.75) is 65.0 Å². The Bertz CT molecular complexity index is 380. The zero-order valence-electron chi connectivity index (χ0n) is 14.9. The van der Waals surface area contributed by atoms with E-state index in [1.807, 2.05) is 7.05 Å². The van der Waals surface area contributed by atoms with E-state index in [0.29, 0.717) is 5.41 Å². The number of rotatable bonds is 4. The lowest BCUT2D eigenvalue weighted by molar-refractivity contribution is -0.0667. The summed E-state index contributed by atoms with van der Waals surface area (Å²) in [5.41, 5.74) is 0.525. The Kier molecular flexibility index (Phi) is 4.86. The van der Waals surface area contributed by atoms with E-state index in [1.54, 1.807) is 0 Å². The molecule has 4 heteroatoms. The van der Waals surface area contributed by atoms with Gasteiger partial charge in [-0.2, -0.15) is 0 Å². The van der Waals surface area contributed by atoms with E-state index in [1.165, 1.54) is 25.7 Å². The molecule has 0 aromatic rings. The van der Waals surface area contributed by atoms with Gasteiger partial charge in [-0.25, -0.2) is 0 Å². The highest BCUT2D eigenvalue weighted by molar-refractivity contribution is 5.82. The molecular weight excluding hydrogens is 260 g/mol. The van der Waals surface area contributed by atoms with Crippen LogP contribution in [0.4, 0.5) is 0 Å². The number of likely N-dealkylation sites (tertiary alicyclic amines) is 1. The third kappa shape index (κ3) is 3.20. The molecule has 0 radical (unpaired) electrons. The lowest BCUT2D eigenvalue weighted by Crippen LogP contribution is -2.72. The molecule has 0 amide bonds. The Labute approximate surface area is 131 Å². The molecule has 1 N–H and O–H groups in total. The zero-order chi connectivity index (χ0) is 15.7. The molecule has 2 fully saturated rings. The van der Waals surface area contributed by atoms with Gasteiger partial charge in [0.05, 0.1) is 0 Å². The summed E-state index contributed by atoms with van der Waals surface area (Å²) in [5, 5.41) is 3.55. The van der Waals surface area contributed by atoms with Crippen molar-refractivity contribution in [1.82, 2.24) is 15.1 Å². The minimum Gasteiger partial charge on any atom is -0.355 e. The second kappa shape index (κ2) is 6.15. The van der Waals surface area contributed by atoms with Crippen molar-refractivity contribution in [1.29, 1.82) is 0 Å². The van der Waals surface area contributed by atoms with Gasteiger partial charge in [-0.15, -0.1) is 0 Å². The van der Waals surface area contributed by atoms with E-state index in [2.05, 4.69) is 54.9 Å². The molecule has 1 saturated carbocycles. The molecule has 1 heterocycles. The fraction of sp³-hybridized carbons (Fsp3) is 0.941. The first-order valence-corrected chi connectivity index (χ1v) is 8.48. The quantitative estimate of drug-likeness (QED) is 0.638. The second-order valence-corrected chi connectivity index (χ2v) is 7.92. The standard InChI is InChI=1S/C17H34N4/c1-16(2)13-21(17(16,3)4)15(18-5)19-11-12-20(6)14-9-7-8-10-14/h14H,7-13H2,1-6H3,(H,18,19). The number of likely N-dealkylation sites (N-methyl/N-ethyl adjacent to an activating group) is 1. The monoisotopic (exact) mass is 294 g/mol. The lowest BCUT2D eigenvalue weighted by Gasteiger charge is -2.62. The summed E-state index contributed by atoms with van der Waals surface area (Å²) in [6.07, 6.45) is 5.56. The fourth-order valence-corrected chi connectivity index (χ4v) is 3.57. The maximum atomic E-state index is 4.48. The minimum absolute atomic E-state index is 0.173. The molecule has 122 valence electrons. The van der Waals surface area contributed by atoms with Crippen LogP contribution in [0.1, 0.15) is 53.4 Å². The van der Waals surface area contributed by atoms with Crippen molar-refractivity contribution in [3.63, 3.8) is 0 Å². The largest absolute Gasteiger partial charge is 0.355 e. The molecule has 2 rings (SSSR count). The highest BCUT2D eigenvalue weighted by Crippen LogP contribution is 2.46. The smallest absolute Gasteiger partial charge is 0.194 e. The van der Waals surface area contributed by atoms with E-state index < -0.39 is 0 Å². The van der Waals surface area contributed by atoms with Crippen LogP contribution in [0.25, 0.3) is 0 Å². The molecular formula is C17H34N4. The van der Waals surface area contributed by atoms with Crippen molar-refractivity contribution >= 4 is 5.96 Å². The molecule has 2 aliphatic rings. The van der Waals surface area contributed by atoms with E-state index >= 15 is 0 Å². The molecule has 1 saturated heterocycles. The van der Waals surface area contributed by atoms with Crippen molar-refractivity contribution in [2.75, 3.05) is 33.7 Å². The number of aliphatic imine (C=N–C) groups is 1. The summed E-state index contributed by atoms with van der Waals surface area (Å²) >= 11 is 0. The van der Waals surface area contributed by atoms with E-state index in [0.717, 1.165) is 31.6 Å². The van der Waals surface area contributed by atoms with Gasteiger partial charge in [-0.05, 0) is 33.7 Å². The van der Waals surface area contributed by atoms with Crippen LogP contribution in [0.2, 0.25) is 0 Å². The molecule has 0 bridgehead atoms. The van der Waals surface area contributed by atoms with Crippen molar-refractivity contribution in [2.24, 2.45) is 10.4 Å². The van der Waals surface area contributed by atoms with Gasteiger partial charge in [0.2, 0.25) is 0 Å². The van der Waals surface area contributed by atoms with Gasteiger partial charge in [-0.3, -0.25) is 4.99 Å². The molecule has 1 aliphatic heterocycles. The second-order valence-electron chi connectivity index (χ2n) is 7.92. The van der Waals surface area contributed by atoms with E-state index in [-0.39, 0.29) is 5.54 Å². The molecule has 0 unspecified atom stereocenters. The van der Waals surface area contributed by atoms with Gasteiger partial charge < -0.3 is 15.1 Å². The van der Waals surface area contributed by atoms with Crippen LogP contribution in [-0.2, 0) is 0 Å². The first-order chi connectivity index (χ1) is 9.79. The number of hydrogen-bond donors (Lipinski definition) is 1. The summed E-state index contributed by atoms with van der Waals surface area (Å²) in [7, 11) is 4.15. The average Bonchev–Trinajstić information content (AvgIpc) is 2.95. The topological polar surface area (TPSA) is 30.9 Å². The van der Waals surface area contributed by atoms with Gasteiger partial charge in [-0.1, -0.05) is 26.7 Å². The van der Waals surface area contributed by atoms with Crippen molar-refractivity contribution in [3.8, 4) is 0 Å². The van der Waals surface area contributed by atoms with E-state index in [9.17, 15) is 0 Å². The van der Waals surface area contributed by atoms with Crippen LogP contribution in [-0.4, -0.2) is 61.1 Å². The van der Waals surface area contributed by atoms with Gasteiger partial charge >= 0.3 is 0 Å². The normalized spacial score (nSPS) is 25.3.